The molecule has 7 heteroatoms. The Morgan fingerprint density at radius 3 is 2.23 bits per heavy atom. The van der Waals surface area contributed by atoms with Crippen molar-refractivity contribution < 1.29 is 8.42 Å². The van der Waals surface area contributed by atoms with E-state index in [0.29, 0.717) is 37.0 Å². The summed E-state index contributed by atoms with van der Waals surface area (Å²) in [6.45, 7) is 6.10. The molecule has 0 bridgehead atoms. The van der Waals surface area contributed by atoms with Gasteiger partial charge in [0, 0.05) is 32.1 Å². The van der Waals surface area contributed by atoms with E-state index in [1.165, 1.54) is 12.8 Å². The summed E-state index contributed by atoms with van der Waals surface area (Å²) in [4.78, 5) is 2.48. The van der Waals surface area contributed by atoms with E-state index < -0.39 is 10.0 Å². The molecule has 1 aromatic heterocycles. The highest BCUT2D eigenvalue weighted by atomic mass is 32.2. The largest absolute Gasteiger partial charge is 0.352 e. The summed E-state index contributed by atoms with van der Waals surface area (Å²) in [6, 6.07) is 9.40. The molecule has 0 amide bonds. The van der Waals surface area contributed by atoms with Crippen LogP contribution in [0.4, 0.5) is 5.82 Å². The number of aryl methyl sites for hydroxylation is 2. The molecule has 0 radical (unpaired) electrons. The van der Waals surface area contributed by atoms with Crippen LogP contribution in [0.3, 0.4) is 0 Å². The molecule has 2 fully saturated rings. The van der Waals surface area contributed by atoms with E-state index in [4.69, 9.17) is 0 Å². The molecule has 6 nitrogen and oxygen atoms in total. The van der Waals surface area contributed by atoms with E-state index in [2.05, 4.69) is 21.2 Å². The highest BCUT2D eigenvalue weighted by Gasteiger charge is 2.30. The monoisotopic (exact) mass is 372 g/mol. The third-order valence-electron chi connectivity index (χ3n) is 5.35. The lowest BCUT2D eigenvalue weighted by atomic mass is 10.1. The Labute approximate surface area is 154 Å². The second-order valence-corrected chi connectivity index (χ2v) is 9.17. The van der Waals surface area contributed by atoms with Crippen LogP contribution in [0.5, 0.6) is 0 Å². The summed E-state index contributed by atoms with van der Waals surface area (Å²) in [7, 11) is -3.45. The summed E-state index contributed by atoms with van der Waals surface area (Å²) < 4.78 is 27.4. The maximum atomic E-state index is 12.9. The highest BCUT2D eigenvalue weighted by Crippen LogP contribution is 2.38. The molecule has 2 aliphatic rings. The van der Waals surface area contributed by atoms with Gasteiger partial charge in [0.1, 0.15) is 0 Å². The first-order chi connectivity index (χ1) is 12.4. The number of benzene rings is 1. The quantitative estimate of drug-likeness (QED) is 0.825. The molecule has 1 aliphatic heterocycles. The zero-order chi connectivity index (χ0) is 18.3. The Hall–Kier alpha value is -1.99. The Kier molecular flexibility index (Phi) is 4.44. The lowest BCUT2D eigenvalue weighted by molar-refractivity contribution is 0.383. The van der Waals surface area contributed by atoms with E-state index in [9.17, 15) is 8.42 Å². The zero-order valence-electron chi connectivity index (χ0n) is 15.2. The number of piperazine rings is 1. The summed E-state index contributed by atoms with van der Waals surface area (Å²) >= 11 is 0. The molecule has 1 aromatic carbocycles. The zero-order valence-corrected chi connectivity index (χ0v) is 16.0. The number of hydrogen-bond acceptors (Lipinski definition) is 5. The van der Waals surface area contributed by atoms with E-state index >= 15 is 0 Å². The van der Waals surface area contributed by atoms with Gasteiger partial charge in [0.25, 0.3) is 0 Å². The first-order valence-corrected chi connectivity index (χ1v) is 10.5. The summed E-state index contributed by atoms with van der Waals surface area (Å²) in [5.41, 5.74) is 3.17. The van der Waals surface area contributed by atoms with Crippen LogP contribution in [0.2, 0.25) is 0 Å². The van der Waals surface area contributed by atoms with Crippen LogP contribution in [0.15, 0.2) is 35.2 Å². The van der Waals surface area contributed by atoms with Crippen molar-refractivity contribution in [3.05, 3.63) is 47.2 Å². The minimum Gasteiger partial charge on any atom is -0.352 e. The van der Waals surface area contributed by atoms with Crippen molar-refractivity contribution in [2.24, 2.45) is 0 Å². The molecule has 2 aromatic rings. The molecule has 0 spiro atoms. The average Bonchev–Trinajstić information content (AvgIpc) is 3.49. The maximum absolute atomic E-state index is 12.9. The summed E-state index contributed by atoms with van der Waals surface area (Å²) in [5, 5.41) is 8.66. The Morgan fingerprint density at radius 2 is 1.65 bits per heavy atom. The van der Waals surface area contributed by atoms with Crippen LogP contribution >= 0.6 is 0 Å². The second-order valence-electron chi connectivity index (χ2n) is 7.23. The number of aromatic nitrogens is 2. The molecular weight excluding hydrogens is 348 g/mol. The van der Waals surface area contributed by atoms with Crippen molar-refractivity contribution in [3.63, 3.8) is 0 Å². The van der Waals surface area contributed by atoms with Gasteiger partial charge in [0.05, 0.1) is 10.6 Å². The minimum atomic E-state index is -3.45. The molecule has 0 atom stereocenters. The van der Waals surface area contributed by atoms with Gasteiger partial charge in [-0.25, -0.2) is 8.42 Å². The van der Waals surface area contributed by atoms with Crippen molar-refractivity contribution in [1.29, 1.82) is 0 Å². The number of hydrogen-bond donors (Lipinski definition) is 0. The van der Waals surface area contributed by atoms with E-state index in [-0.39, 0.29) is 0 Å². The SMILES string of the molecule is Cc1ccc(S(=O)(=O)N2CCN(c3ccc(C4CC4)nn3)CC2)cc1C. The minimum absolute atomic E-state index is 0.377. The van der Waals surface area contributed by atoms with Gasteiger partial charge in [-0.3, -0.25) is 0 Å². The van der Waals surface area contributed by atoms with Gasteiger partial charge in [-0.15, -0.1) is 5.10 Å². The third kappa shape index (κ3) is 3.33. The number of sulfonamides is 1. The number of rotatable bonds is 4. The van der Waals surface area contributed by atoms with Gasteiger partial charge in [-0.2, -0.15) is 9.40 Å². The molecule has 0 unspecified atom stereocenters. The normalized spacial score (nSPS) is 18.9. The van der Waals surface area contributed by atoms with Crippen molar-refractivity contribution in [1.82, 2.24) is 14.5 Å². The second kappa shape index (κ2) is 6.63. The van der Waals surface area contributed by atoms with E-state index in [1.807, 2.05) is 26.0 Å². The predicted molar refractivity (Wildman–Crippen MR) is 101 cm³/mol. The Bertz CT molecular complexity index is 900. The average molecular weight is 372 g/mol. The van der Waals surface area contributed by atoms with Crippen molar-refractivity contribution in [2.75, 3.05) is 31.1 Å². The fourth-order valence-corrected chi connectivity index (χ4v) is 4.79. The number of nitrogens with zero attached hydrogens (tertiary/aromatic N) is 4. The fourth-order valence-electron chi connectivity index (χ4n) is 3.28. The van der Waals surface area contributed by atoms with Crippen LogP contribution in [0.1, 0.15) is 35.6 Å². The van der Waals surface area contributed by atoms with E-state index in [0.717, 1.165) is 22.6 Å². The lowest BCUT2D eigenvalue weighted by Gasteiger charge is -2.34. The maximum Gasteiger partial charge on any atom is 0.243 e. The highest BCUT2D eigenvalue weighted by molar-refractivity contribution is 7.89. The lowest BCUT2D eigenvalue weighted by Crippen LogP contribution is -2.49. The molecule has 1 saturated carbocycles. The van der Waals surface area contributed by atoms with Gasteiger partial charge >= 0.3 is 0 Å². The van der Waals surface area contributed by atoms with Crippen LogP contribution in [0, 0.1) is 13.8 Å². The van der Waals surface area contributed by atoms with Crippen molar-refractivity contribution >= 4 is 15.8 Å². The summed E-state index contributed by atoms with van der Waals surface area (Å²) in [6.07, 6.45) is 2.42. The molecule has 0 N–H and O–H groups in total. The molecule has 138 valence electrons. The van der Waals surface area contributed by atoms with Gasteiger partial charge in [-0.1, -0.05) is 6.07 Å². The fraction of sp³-hybridized carbons (Fsp3) is 0.474. The first-order valence-electron chi connectivity index (χ1n) is 9.11. The van der Waals surface area contributed by atoms with E-state index in [1.54, 1.807) is 16.4 Å². The molecule has 26 heavy (non-hydrogen) atoms. The van der Waals surface area contributed by atoms with Gasteiger partial charge < -0.3 is 4.90 Å². The van der Waals surface area contributed by atoms with Crippen LogP contribution in [-0.4, -0.2) is 49.1 Å². The van der Waals surface area contributed by atoms with Crippen LogP contribution < -0.4 is 4.90 Å². The first kappa shape index (κ1) is 17.4. The standard InChI is InChI=1S/C19H24N4O2S/c1-14-3-6-17(13-15(14)2)26(24,25)23-11-9-22(10-12-23)19-8-7-18(20-21-19)16-4-5-16/h3,6-8,13,16H,4-5,9-12H2,1-2H3. The summed E-state index contributed by atoms with van der Waals surface area (Å²) in [5.74, 6) is 1.43. The van der Waals surface area contributed by atoms with Crippen molar-refractivity contribution in [3.8, 4) is 0 Å². The topological polar surface area (TPSA) is 66.4 Å². The van der Waals surface area contributed by atoms with Gasteiger partial charge in [0.2, 0.25) is 10.0 Å². The molecular formula is C19H24N4O2S. The Balaban J connectivity index is 1.44. The molecule has 4 rings (SSSR count). The third-order valence-corrected chi connectivity index (χ3v) is 7.24. The molecule has 2 heterocycles. The molecule has 1 aliphatic carbocycles. The number of anilines is 1. The van der Waals surface area contributed by atoms with Crippen LogP contribution in [-0.2, 0) is 10.0 Å². The van der Waals surface area contributed by atoms with Crippen molar-refractivity contribution in [2.45, 2.75) is 37.5 Å². The van der Waals surface area contributed by atoms with Gasteiger partial charge in [0.15, 0.2) is 5.82 Å². The van der Waals surface area contributed by atoms with Crippen LogP contribution in [0.25, 0.3) is 0 Å². The molecule has 1 saturated heterocycles. The Morgan fingerprint density at radius 1 is 0.923 bits per heavy atom. The smallest absolute Gasteiger partial charge is 0.243 e. The van der Waals surface area contributed by atoms with Gasteiger partial charge in [-0.05, 0) is 62.1 Å². The predicted octanol–water partition coefficient (Wildman–Crippen LogP) is 2.48.